The van der Waals surface area contributed by atoms with Crippen LogP contribution in [-0.4, -0.2) is 22.9 Å². The maximum Gasteiger partial charge on any atom is 0.125 e. The first kappa shape index (κ1) is 14.3. The Morgan fingerprint density at radius 3 is 2.35 bits per heavy atom. The molecule has 0 atom stereocenters. The molecule has 3 aromatic rings. The molecule has 0 aliphatic carbocycles. The van der Waals surface area contributed by atoms with Crippen molar-refractivity contribution in [1.82, 2.24) is 15.1 Å². The highest BCUT2D eigenvalue weighted by atomic mass is 19.1. The van der Waals surface area contributed by atoms with E-state index in [0.717, 1.165) is 42.7 Å². The van der Waals surface area contributed by atoms with E-state index in [0.29, 0.717) is 11.4 Å². The molecule has 1 aromatic heterocycles. The van der Waals surface area contributed by atoms with Gasteiger partial charge in [0.15, 0.2) is 0 Å². The molecule has 0 bridgehead atoms. The van der Waals surface area contributed by atoms with Crippen LogP contribution in [-0.2, 0) is 0 Å². The summed E-state index contributed by atoms with van der Waals surface area (Å²) in [5.74, 6) is -0.265. The molecule has 1 aliphatic rings. The van der Waals surface area contributed by atoms with Gasteiger partial charge in [0, 0.05) is 30.5 Å². The third kappa shape index (κ3) is 2.61. The maximum atomic E-state index is 13.7. The van der Waals surface area contributed by atoms with E-state index < -0.39 is 0 Å². The summed E-state index contributed by atoms with van der Waals surface area (Å²) in [5.41, 5.74) is 2.43. The van der Waals surface area contributed by atoms with Gasteiger partial charge in [-0.25, -0.2) is 18.8 Å². The molecule has 2 aromatic carbocycles. The van der Waals surface area contributed by atoms with Gasteiger partial charge < -0.3 is 0 Å². The Hall–Kier alpha value is -2.27. The molecule has 0 spiro atoms. The van der Waals surface area contributed by atoms with Crippen LogP contribution in [0.25, 0.3) is 16.6 Å². The van der Waals surface area contributed by atoms with Crippen molar-refractivity contribution in [3.05, 3.63) is 59.8 Å². The molecule has 5 heteroatoms. The molecule has 23 heavy (non-hydrogen) atoms. The fraction of sp³-hybridized carbons (Fsp3) is 0.278. The fourth-order valence-electron chi connectivity index (χ4n) is 3.22. The van der Waals surface area contributed by atoms with Crippen LogP contribution in [0.5, 0.6) is 0 Å². The van der Waals surface area contributed by atoms with Gasteiger partial charge in [-0.2, -0.15) is 5.10 Å². The summed E-state index contributed by atoms with van der Waals surface area (Å²) in [7, 11) is 0. The molecule has 1 aliphatic heterocycles. The number of rotatable bonds is 2. The van der Waals surface area contributed by atoms with E-state index in [1.54, 1.807) is 22.9 Å². The minimum absolute atomic E-state index is 0.300. The lowest BCUT2D eigenvalue weighted by Crippen LogP contribution is -2.21. The highest BCUT2D eigenvalue weighted by Gasteiger charge is 2.23. The molecular formula is C18H16F2N3. The second-order valence-corrected chi connectivity index (χ2v) is 5.88. The van der Waals surface area contributed by atoms with Crippen molar-refractivity contribution in [2.75, 3.05) is 13.1 Å². The second kappa shape index (κ2) is 5.74. The fourth-order valence-corrected chi connectivity index (χ4v) is 3.22. The highest BCUT2D eigenvalue weighted by molar-refractivity contribution is 5.84. The summed E-state index contributed by atoms with van der Waals surface area (Å²) in [5, 5.41) is 10.1. The van der Waals surface area contributed by atoms with Crippen LogP contribution in [0.1, 0.15) is 24.5 Å². The van der Waals surface area contributed by atoms with Crippen molar-refractivity contribution in [2.45, 2.75) is 18.8 Å². The first-order chi connectivity index (χ1) is 11.2. The van der Waals surface area contributed by atoms with Gasteiger partial charge in [-0.3, -0.25) is 0 Å². The minimum Gasteiger partial charge on any atom is -0.242 e. The lowest BCUT2D eigenvalue weighted by molar-refractivity contribution is 0.446. The van der Waals surface area contributed by atoms with Crippen LogP contribution in [0, 0.1) is 11.6 Å². The summed E-state index contributed by atoms with van der Waals surface area (Å²) in [6, 6.07) is 10.8. The topological polar surface area (TPSA) is 31.9 Å². The number of aromatic nitrogens is 2. The SMILES string of the molecule is Fc1ccc(-n2nc(C3CC[N]CC3)c3ccc(F)cc32)cc1. The van der Waals surface area contributed by atoms with Gasteiger partial charge in [0.25, 0.3) is 0 Å². The van der Waals surface area contributed by atoms with E-state index in [1.165, 1.54) is 24.3 Å². The van der Waals surface area contributed by atoms with Crippen molar-refractivity contribution in [3.8, 4) is 5.69 Å². The zero-order valence-corrected chi connectivity index (χ0v) is 12.5. The maximum absolute atomic E-state index is 13.7. The molecule has 0 N–H and O–H groups in total. The van der Waals surface area contributed by atoms with Gasteiger partial charge in [0.2, 0.25) is 0 Å². The smallest absolute Gasteiger partial charge is 0.125 e. The molecule has 2 heterocycles. The molecule has 0 unspecified atom stereocenters. The summed E-state index contributed by atoms with van der Waals surface area (Å²) in [4.78, 5) is 0. The van der Waals surface area contributed by atoms with Gasteiger partial charge in [-0.15, -0.1) is 0 Å². The van der Waals surface area contributed by atoms with Gasteiger partial charge in [0.1, 0.15) is 11.6 Å². The summed E-state index contributed by atoms with van der Waals surface area (Å²) < 4.78 is 28.6. The van der Waals surface area contributed by atoms with Crippen LogP contribution < -0.4 is 5.32 Å². The predicted molar refractivity (Wildman–Crippen MR) is 84.8 cm³/mol. The van der Waals surface area contributed by atoms with Gasteiger partial charge in [-0.1, -0.05) is 0 Å². The molecule has 3 nitrogen and oxygen atoms in total. The summed E-state index contributed by atoms with van der Waals surface area (Å²) >= 11 is 0. The van der Waals surface area contributed by atoms with Crippen LogP contribution in [0.3, 0.4) is 0 Å². The lowest BCUT2D eigenvalue weighted by Gasteiger charge is -2.19. The monoisotopic (exact) mass is 312 g/mol. The standard InChI is InChI=1S/C18H16F2N3/c19-13-1-4-15(5-2-13)23-17-11-14(20)3-6-16(17)18(22-23)12-7-9-21-10-8-12/h1-6,11-12H,7-10H2. The Morgan fingerprint density at radius 2 is 1.61 bits per heavy atom. The molecule has 4 rings (SSSR count). The van der Waals surface area contributed by atoms with E-state index in [-0.39, 0.29) is 11.6 Å². The lowest BCUT2D eigenvalue weighted by atomic mass is 9.92. The number of piperidine rings is 1. The van der Waals surface area contributed by atoms with Crippen LogP contribution in [0.2, 0.25) is 0 Å². The number of fused-ring (bicyclic) bond motifs is 1. The first-order valence-corrected chi connectivity index (χ1v) is 7.80. The van der Waals surface area contributed by atoms with Crippen LogP contribution >= 0.6 is 0 Å². The van der Waals surface area contributed by atoms with E-state index >= 15 is 0 Å². The third-order valence-electron chi connectivity index (χ3n) is 4.40. The molecule has 117 valence electrons. The van der Waals surface area contributed by atoms with E-state index in [1.807, 2.05) is 0 Å². The quantitative estimate of drug-likeness (QED) is 0.708. The Balaban J connectivity index is 1.89. The Kier molecular flexibility index (Phi) is 3.58. The van der Waals surface area contributed by atoms with Crippen molar-refractivity contribution >= 4 is 10.9 Å². The number of hydrogen-bond donors (Lipinski definition) is 0. The predicted octanol–water partition coefficient (Wildman–Crippen LogP) is 3.79. The number of hydrogen-bond acceptors (Lipinski definition) is 1. The second-order valence-electron chi connectivity index (χ2n) is 5.88. The highest BCUT2D eigenvalue weighted by Crippen LogP contribution is 2.32. The molecule has 0 amide bonds. The van der Waals surface area contributed by atoms with E-state index in [2.05, 4.69) is 5.32 Å². The van der Waals surface area contributed by atoms with E-state index in [9.17, 15) is 8.78 Å². The van der Waals surface area contributed by atoms with Crippen molar-refractivity contribution in [3.63, 3.8) is 0 Å². The zero-order valence-electron chi connectivity index (χ0n) is 12.5. The Bertz CT molecular complexity index is 833. The van der Waals surface area contributed by atoms with Crippen molar-refractivity contribution in [2.24, 2.45) is 0 Å². The number of halogens is 2. The molecule has 1 fully saturated rings. The molecule has 1 radical (unpaired) electrons. The van der Waals surface area contributed by atoms with Crippen molar-refractivity contribution in [1.29, 1.82) is 0 Å². The molecule has 1 saturated heterocycles. The number of benzene rings is 2. The first-order valence-electron chi connectivity index (χ1n) is 7.80. The minimum atomic E-state index is -0.300. The van der Waals surface area contributed by atoms with Crippen LogP contribution in [0.4, 0.5) is 8.78 Å². The molecule has 0 saturated carbocycles. The summed E-state index contributed by atoms with van der Waals surface area (Å²) in [6.45, 7) is 1.69. The third-order valence-corrected chi connectivity index (χ3v) is 4.40. The van der Waals surface area contributed by atoms with Crippen molar-refractivity contribution < 1.29 is 8.78 Å². The average molecular weight is 312 g/mol. The summed E-state index contributed by atoms with van der Waals surface area (Å²) in [6.07, 6.45) is 1.93. The Morgan fingerprint density at radius 1 is 0.913 bits per heavy atom. The van der Waals surface area contributed by atoms with Gasteiger partial charge in [0.05, 0.1) is 16.9 Å². The Labute approximate surface area is 132 Å². The molecular weight excluding hydrogens is 296 g/mol. The zero-order chi connectivity index (χ0) is 15.8. The van der Waals surface area contributed by atoms with Gasteiger partial charge >= 0.3 is 0 Å². The largest absolute Gasteiger partial charge is 0.242 e. The normalized spacial score (nSPS) is 16.1. The number of nitrogens with zero attached hydrogens (tertiary/aromatic N) is 3. The average Bonchev–Trinajstić information content (AvgIpc) is 2.95. The van der Waals surface area contributed by atoms with Gasteiger partial charge in [-0.05, 0) is 49.2 Å². The van der Waals surface area contributed by atoms with E-state index in [4.69, 9.17) is 5.10 Å². The van der Waals surface area contributed by atoms with Crippen LogP contribution in [0.15, 0.2) is 42.5 Å².